The summed E-state index contributed by atoms with van der Waals surface area (Å²) in [5.41, 5.74) is 7.61. The number of aromatic nitrogens is 2. The Morgan fingerprint density at radius 1 is 1.30 bits per heavy atom. The van der Waals surface area contributed by atoms with E-state index in [0.29, 0.717) is 18.7 Å². The molecule has 7 heteroatoms. The number of anilines is 1. The number of hydrogen-bond donors (Lipinski definition) is 2. The van der Waals surface area contributed by atoms with Crippen LogP contribution in [0, 0.1) is 0 Å². The Hall–Kier alpha value is -1.86. The highest BCUT2D eigenvalue weighted by Crippen LogP contribution is 2.19. The fourth-order valence-corrected chi connectivity index (χ4v) is 2.96. The van der Waals surface area contributed by atoms with Gasteiger partial charge in [0.25, 0.3) is 10.0 Å². The van der Waals surface area contributed by atoms with Gasteiger partial charge in [0.05, 0.1) is 16.3 Å². The van der Waals surface area contributed by atoms with Crippen LogP contribution < -0.4 is 10.5 Å². The average molecular weight is 294 g/mol. The molecule has 0 unspecified atom stereocenters. The molecular formula is C13H18N4O2S. The first kappa shape index (κ1) is 14.5. The van der Waals surface area contributed by atoms with Crippen molar-refractivity contribution in [3.05, 3.63) is 41.7 Å². The predicted octanol–water partition coefficient (Wildman–Crippen LogP) is 1.24. The molecule has 6 nitrogen and oxygen atoms in total. The van der Waals surface area contributed by atoms with E-state index in [1.807, 2.05) is 6.92 Å². The van der Waals surface area contributed by atoms with Crippen molar-refractivity contribution in [3.8, 4) is 0 Å². The topological polar surface area (TPSA) is 90.0 Å². The number of aryl methyl sites for hydroxylation is 2. The van der Waals surface area contributed by atoms with E-state index in [-0.39, 0.29) is 4.90 Å². The monoisotopic (exact) mass is 294 g/mol. The zero-order chi connectivity index (χ0) is 14.8. The molecule has 1 aromatic carbocycles. The molecule has 0 saturated carbocycles. The minimum Gasteiger partial charge on any atom is -0.326 e. The van der Waals surface area contributed by atoms with E-state index in [0.717, 1.165) is 11.3 Å². The van der Waals surface area contributed by atoms with Crippen molar-refractivity contribution in [1.82, 2.24) is 9.78 Å². The van der Waals surface area contributed by atoms with Gasteiger partial charge in [0.2, 0.25) is 0 Å². The molecule has 0 radical (unpaired) electrons. The number of nitrogens with two attached hydrogens (primary N) is 1. The Bertz CT molecular complexity index is 690. The summed E-state index contributed by atoms with van der Waals surface area (Å²) in [4.78, 5) is 0.209. The summed E-state index contributed by atoms with van der Waals surface area (Å²) in [5.74, 6) is 0. The number of hydrogen-bond acceptors (Lipinski definition) is 4. The Morgan fingerprint density at radius 3 is 2.50 bits per heavy atom. The molecule has 0 aliphatic rings. The maximum Gasteiger partial charge on any atom is 0.262 e. The number of nitrogens with one attached hydrogen (secondary N) is 1. The molecule has 2 aromatic rings. The highest BCUT2D eigenvalue weighted by atomic mass is 32.2. The van der Waals surface area contributed by atoms with Crippen molar-refractivity contribution in [1.29, 1.82) is 0 Å². The highest BCUT2D eigenvalue weighted by Gasteiger charge is 2.17. The Kier molecular flexibility index (Phi) is 4.10. The van der Waals surface area contributed by atoms with Gasteiger partial charge in [0.1, 0.15) is 0 Å². The van der Waals surface area contributed by atoms with Gasteiger partial charge in [-0.25, -0.2) is 8.42 Å². The quantitative estimate of drug-likeness (QED) is 0.868. The fourth-order valence-electron chi connectivity index (χ4n) is 1.89. The normalized spacial score (nSPS) is 11.6. The van der Waals surface area contributed by atoms with Crippen LogP contribution in [0.15, 0.2) is 35.4 Å². The van der Waals surface area contributed by atoms with Crippen molar-refractivity contribution >= 4 is 15.7 Å². The van der Waals surface area contributed by atoms with E-state index in [1.165, 1.54) is 0 Å². The smallest absolute Gasteiger partial charge is 0.262 e. The fraction of sp³-hybridized carbons (Fsp3) is 0.308. The van der Waals surface area contributed by atoms with Crippen molar-refractivity contribution in [2.75, 3.05) is 4.72 Å². The van der Waals surface area contributed by atoms with Gasteiger partial charge < -0.3 is 5.73 Å². The van der Waals surface area contributed by atoms with E-state index in [4.69, 9.17) is 5.73 Å². The van der Waals surface area contributed by atoms with Crippen LogP contribution in [0.3, 0.4) is 0 Å². The van der Waals surface area contributed by atoms with Gasteiger partial charge in [-0.1, -0.05) is 19.1 Å². The number of sulfonamides is 1. The van der Waals surface area contributed by atoms with Gasteiger partial charge in [-0.3, -0.25) is 9.40 Å². The molecule has 0 saturated heterocycles. The molecule has 0 amide bonds. The number of nitrogens with zero attached hydrogens (tertiary/aromatic N) is 2. The van der Waals surface area contributed by atoms with E-state index in [1.54, 1.807) is 42.2 Å². The third-order valence-electron chi connectivity index (χ3n) is 2.95. The van der Waals surface area contributed by atoms with Crippen molar-refractivity contribution < 1.29 is 8.42 Å². The zero-order valence-electron chi connectivity index (χ0n) is 11.5. The third kappa shape index (κ3) is 3.00. The molecule has 1 aromatic heterocycles. The Balaban J connectivity index is 2.30. The van der Waals surface area contributed by atoms with Crippen LogP contribution in [-0.2, 0) is 30.0 Å². The lowest BCUT2D eigenvalue weighted by atomic mass is 10.2. The molecule has 108 valence electrons. The van der Waals surface area contributed by atoms with Gasteiger partial charge >= 0.3 is 0 Å². The van der Waals surface area contributed by atoms with Gasteiger partial charge in [-0.15, -0.1) is 0 Å². The number of benzene rings is 1. The molecule has 0 aliphatic carbocycles. The molecule has 0 aliphatic heterocycles. The van der Waals surface area contributed by atoms with Crippen LogP contribution in [0.2, 0.25) is 0 Å². The zero-order valence-corrected chi connectivity index (χ0v) is 12.3. The van der Waals surface area contributed by atoms with Crippen molar-refractivity contribution in [3.63, 3.8) is 0 Å². The summed E-state index contributed by atoms with van der Waals surface area (Å²) >= 11 is 0. The van der Waals surface area contributed by atoms with Crippen LogP contribution in [0.25, 0.3) is 0 Å². The van der Waals surface area contributed by atoms with E-state index in [2.05, 4.69) is 9.82 Å². The maximum absolute atomic E-state index is 12.3. The lowest BCUT2D eigenvalue weighted by Gasteiger charge is -2.08. The van der Waals surface area contributed by atoms with Crippen molar-refractivity contribution in [2.24, 2.45) is 12.8 Å². The second kappa shape index (κ2) is 5.64. The van der Waals surface area contributed by atoms with Gasteiger partial charge in [-0.2, -0.15) is 5.10 Å². The second-order valence-corrected chi connectivity index (χ2v) is 6.15. The number of rotatable bonds is 5. The van der Waals surface area contributed by atoms with Gasteiger partial charge in [0, 0.05) is 19.8 Å². The summed E-state index contributed by atoms with van der Waals surface area (Å²) in [6.07, 6.45) is 2.31. The lowest BCUT2D eigenvalue weighted by molar-refractivity contribution is 0.601. The first-order valence-corrected chi connectivity index (χ1v) is 7.79. The highest BCUT2D eigenvalue weighted by molar-refractivity contribution is 7.92. The summed E-state index contributed by atoms with van der Waals surface area (Å²) in [6.45, 7) is 2.31. The lowest BCUT2D eigenvalue weighted by Crippen LogP contribution is -2.13. The predicted molar refractivity (Wildman–Crippen MR) is 77.7 cm³/mol. The summed E-state index contributed by atoms with van der Waals surface area (Å²) < 4.78 is 28.8. The SMILES string of the molecule is CCc1nn(C)cc1NS(=O)(=O)c1ccc(CN)cc1. The molecule has 0 bridgehead atoms. The van der Waals surface area contributed by atoms with E-state index < -0.39 is 10.0 Å². The Morgan fingerprint density at radius 2 is 1.95 bits per heavy atom. The van der Waals surface area contributed by atoms with Crippen LogP contribution in [0.5, 0.6) is 0 Å². The summed E-state index contributed by atoms with van der Waals surface area (Å²) in [7, 11) is -1.84. The summed E-state index contributed by atoms with van der Waals surface area (Å²) in [5, 5.41) is 4.21. The van der Waals surface area contributed by atoms with Crippen LogP contribution in [0.1, 0.15) is 18.2 Å². The van der Waals surface area contributed by atoms with Gasteiger partial charge in [0.15, 0.2) is 0 Å². The van der Waals surface area contributed by atoms with Crippen LogP contribution in [-0.4, -0.2) is 18.2 Å². The third-order valence-corrected chi connectivity index (χ3v) is 4.34. The van der Waals surface area contributed by atoms with E-state index in [9.17, 15) is 8.42 Å². The van der Waals surface area contributed by atoms with Gasteiger partial charge in [-0.05, 0) is 24.1 Å². The molecule has 0 spiro atoms. The minimum atomic E-state index is -3.60. The molecule has 3 N–H and O–H groups in total. The van der Waals surface area contributed by atoms with Crippen LogP contribution >= 0.6 is 0 Å². The average Bonchev–Trinajstić information content (AvgIpc) is 2.78. The molecule has 0 fully saturated rings. The molecule has 20 heavy (non-hydrogen) atoms. The van der Waals surface area contributed by atoms with Crippen LogP contribution in [0.4, 0.5) is 5.69 Å². The first-order chi connectivity index (χ1) is 9.46. The first-order valence-electron chi connectivity index (χ1n) is 6.30. The minimum absolute atomic E-state index is 0.209. The summed E-state index contributed by atoms with van der Waals surface area (Å²) in [6, 6.07) is 6.51. The molecule has 2 rings (SSSR count). The van der Waals surface area contributed by atoms with E-state index >= 15 is 0 Å². The Labute approximate surface area is 118 Å². The molecule has 1 heterocycles. The molecule has 0 atom stereocenters. The second-order valence-electron chi connectivity index (χ2n) is 4.47. The molecular weight excluding hydrogens is 276 g/mol. The largest absolute Gasteiger partial charge is 0.326 e. The van der Waals surface area contributed by atoms with Crippen molar-refractivity contribution in [2.45, 2.75) is 24.8 Å². The maximum atomic E-state index is 12.3. The standard InChI is InChI=1S/C13H18N4O2S/c1-3-12-13(9-17(2)15-12)16-20(18,19)11-6-4-10(8-14)5-7-11/h4-7,9,16H,3,8,14H2,1-2H3.